The van der Waals surface area contributed by atoms with Gasteiger partial charge in [-0.1, -0.05) is 20.8 Å². The van der Waals surface area contributed by atoms with E-state index in [1.165, 1.54) is 0 Å². The smallest absolute Gasteiger partial charge is 0.303 e. The summed E-state index contributed by atoms with van der Waals surface area (Å²) < 4.78 is 5.41. The second kappa shape index (κ2) is 7.96. The number of carboxylic acids is 1. The van der Waals surface area contributed by atoms with Gasteiger partial charge in [-0.05, 0) is 84.9 Å². The number of hydrogen-bond acceptors (Lipinski definition) is 5. The predicted octanol–water partition coefficient (Wildman–Crippen LogP) is 3.42. The first-order chi connectivity index (χ1) is 14.5. The number of fused-ring (bicyclic) bond motifs is 5. The van der Waals surface area contributed by atoms with E-state index in [1.54, 1.807) is 7.11 Å². The molecule has 0 radical (unpaired) electrons. The van der Waals surface area contributed by atoms with Gasteiger partial charge in [-0.3, -0.25) is 4.79 Å². The average molecular weight is 439 g/mol. The molecule has 4 rings (SSSR count). The first kappa shape index (κ1) is 23.5. The van der Waals surface area contributed by atoms with Crippen molar-refractivity contribution in [3.8, 4) is 0 Å². The van der Waals surface area contributed by atoms with E-state index in [-0.39, 0.29) is 52.8 Å². The number of hydrogen-bond donors (Lipinski definition) is 4. The third kappa shape index (κ3) is 3.56. The largest absolute Gasteiger partial charge is 0.481 e. The third-order valence-corrected chi connectivity index (χ3v) is 10.8. The van der Waals surface area contributed by atoms with Gasteiger partial charge in [-0.15, -0.1) is 0 Å². The Morgan fingerprint density at radius 3 is 2.48 bits per heavy atom. The Morgan fingerprint density at radius 1 is 1.13 bits per heavy atom. The number of carboxylic acid groups (broad SMARTS) is 1. The first-order valence-corrected chi connectivity index (χ1v) is 12.3. The summed E-state index contributed by atoms with van der Waals surface area (Å²) in [6.45, 7) is 6.66. The molecule has 31 heavy (non-hydrogen) atoms. The lowest BCUT2D eigenvalue weighted by Gasteiger charge is -2.64. The van der Waals surface area contributed by atoms with Crippen molar-refractivity contribution in [2.45, 2.75) is 96.6 Å². The highest BCUT2D eigenvalue weighted by atomic mass is 16.6. The lowest BCUT2D eigenvalue weighted by Crippen LogP contribution is -2.63. The van der Waals surface area contributed by atoms with Crippen molar-refractivity contribution in [3.05, 3.63) is 0 Å². The number of carbonyl (C=O) groups is 1. The molecule has 0 aromatic heterocycles. The molecule has 6 heteroatoms. The van der Waals surface area contributed by atoms with Crippen LogP contribution in [0.3, 0.4) is 0 Å². The maximum atomic E-state index is 11.5. The van der Waals surface area contributed by atoms with Gasteiger partial charge in [-0.25, -0.2) is 0 Å². The molecular weight excluding hydrogens is 396 g/mol. The summed E-state index contributed by atoms with van der Waals surface area (Å²) in [4.78, 5) is 11.1. The molecule has 4 saturated carbocycles. The molecule has 11 atom stereocenters. The standard InChI is InChI=1S/C25H42O6/c1-14(5-8-21(28)29)16-6-7-17-22-18(12-20(27)24(16,17)3)23(2)9-10-25(30,31-4)13-15(23)11-19(22)26/h14-20,22,26-27,30H,5-13H2,1-4H3,(H,28,29)/t14-,15-,16-,17?,18?,19-,20+,22?,23+,24-,25+/m1/s1. The molecule has 6 nitrogen and oxygen atoms in total. The van der Waals surface area contributed by atoms with E-state index in [1.807, 2.05) is 0 Å². The van der Waals surface area contributed by atoms with Crippen LogP contribution in [0.2, 0.25) is 0 Å². The lowest BCUT2D eigenvalue weighted by molar-refractivity contribution is -0.265. The van der Waals surface area contributed by atoms with Gasteiger partial charge < -0.3 is 25.2 Å². The SMILES string of the molecule is CO[C@@]1(O)CC[C@]2(C)C3C[C@H](O)[C@@]4(C)C(CC[C@@H]4[C@H](C)CCC(=O)O)C3[C@H](O)C[C@@H]2C1. The summed E-state index contributed by atoms with van der Waals surface area (Å²) in [6, 6.07) is 0. The minimum absolute atomic E-state index is 0.00994. The van der Waals surface area contributed by atoms with Crippen molar-refractivity contribution >= 4 is 5.97 Å². The van der Waals surface area contributed by atoms with E-state index in [0.717, 1.165) is 19.3 Å². The van der Waals surface area contributed by atoms with E-state index < -0.39 is 24.0 Å². The van der Waals surface area contributed by atoms with Gasteiger partial charge in [0.1, 0.15) is 0 Å². The zero-order valence-corrected chi connectivity index (χ0v) is 19.6. The van der Waals surface area contributed by atoms with E-state index in [2.05, 4.69) is 20.8 Å². The average Bonchev–Trinajstić information content (AvgIpc) is 3.07. The van der Waals surface area contributed by atoms with Gasteiger partial charge in [0.2, 0.25) is 0 Å². The Bertz CT molecular complexity index is 697. The number of aliphatic hydroxyl groups excluding tert-OH is 2. The van der Waals surface area contributed by atoms with Crippen LogP contribution in [-0.2, 0) is 9.53 Å². The zero-order chi connectivity index (χ0) is 22.8. The minimum Gasteiger partial charge on any atom is -0.481 e. The van der Waals surface area contributed by atoms with Crippen LogP contribution in [0.15, 0.2) is 0 Å². The Hall–Kier alpha value is -0.690. The van der Waals surface area contributed by atoms with Crippen LogP contribution in [0, 0.1) is 46.3 Å². The number of methoxy groups -OCH3 is 1. The van der Waals surface area contributed by atoms with Crippen molar-refractivity contribution in [1.29, 1.82) is 0 Å². The number of aliphatic carboxylic acids is 1. The van der Waals surface area contributed by atoms with E-state index in [9.17, 15) is 20.1 Å². The molecule has 0 aromatic carbocycles. The molecule has 4 N–H and O–H groups in total. The molecule has 0 spiro atoms. The van der Waals surface area contributed by atoms with Crippen molar-refractivity contribution in [2.75, 3.05) is 7.11 Å². The maximum absolute atomic E-state index is 11.5. The highest BCUT2D eigenvalue weighted by molar-refractivity contribution is 5.66. The third-order valence-electron chi connectivity index (χ3n) is 10.8. The van der Waals surface area contributed by atoms with Gasteiger partial charge in [0.15, 0.2) is 5.79 Å². The number of aliphatic hydroxyl groups is 3. The Labute approximate surface area is 186 Å². The summed E-state index contributed by atoms with van der Waals surface area (Å²) in [5.41, 5.74) is -0.283. The quantitative estimate of drug-likeness (QED) is 0.490. The second-order valence-electron chi connectivity index (χ2n) is 11.9. The van der Waals surface area contributed by atoms with E-state index in [4.69, 9.17) is 9.84 Å². The van der Waals surface area contributed by atoms with Crippen molar-refractivity contribution < 1.29 is 30.0 Å². The molecule has 178 valence electrons. The molecule has 3 unspecified atom stereocenters. The Balaban J connectivity index is 1.60. The molecular formula is C25H42O6. The highest BCUT2D eigenvalue weighted by Gasteiger charge is 2.66. The van der Waals surface area contributed by atoms with E-state index >= 15 is 0 Å². The molecule has 4 aliphatic rings. The van der Waals surface area contributed by atoms with Crippen LogP contribution in [0.25, 0.3) is 0 Å². The van der Waals surface area contributed by atoms with Gasteiger partial charge in [0.25, 0.3) is 0 Å². The Kier molecular flexibility index (Phi) is 6.03. The van der Waals surface area contributed by atoms with Gasteiger partial charge in [0.05, 0.1) is 12.2 Å². The summed E-state index contributed by atoms with van der Waals surface area (Å²) in [5.74, 6) is -0.477. The van der Waals surface area contributed by atoms with Crippen LogP contribution in [-0.4, -0.2) is 51.5 Å². The summed E-state index contributed by atoms with van der Waals surface area (Å²) in [7, 11) is 1.56. The molecule has 0 heterocycles. The first-order valence-electron chi connectivity index (χ1n) is 12.3. The molecule has 0 saturated heterocycles. The van der Waals surface area contributed by atoms with Crippen molar-refractivity contribution in [2.24, 2.45) is 46.3 Å². The lowest BCUT2D eigenvalue weighted by atomic mass is 9.43. The normalized spacial score (nSPS) is 52.7. The second-order valence-corrected chi connectivity index (χ2v) is 11.9. The molecule has 4 aliphatic carbocycles. The molecule has 0 amide bonds. The summed E-state index contributed by atoms with van der Waals surface area (Å²) >= 11 is 0. The molecule has 0 bridgehead atoms. The maximum Gasteiger partial charge on any atom is 0.303 e. The fourth-order valence-electron chi connectivity index (χ4n) is 8.85. The molecule has 4 fully saturated rings. The monoisotopic (exact) mass is 438 g/mol. The number of rotatable bonds is 5. The van der Waals surface area contributed by atoms with Crippen LogP contribution in [0.1, 0.15) is 78.6 Å². The van der Waals surface area contributed by atoms with Gasteiger partial charge in [-0.2, -0.15) is 0 Å². The fraction of sp³-hybridized carbons (Fsp3) is 0.960. The van der Waals surface area contributed by atoms with Crippen LogP contribution in [0.4, 0.5) is 0 Å². The van der Waals surface area contributed by atoms with Gasteiger partial charge in [0, 0.05) is 26.4 Å². The van der Waals surface area contributed by atoms with E-state index in [0.29, 0.717) is 32.1 Å². The minimum atomic E-state index is -1.10. The topological polar surface area (TPSA) is 107 Å². The van der Waals surface area contributed by atoms with Crippen LogP contribution in [0.5, 0.6) is 0 Å². The fourth-order valence-corrected chi connectivity index (χ4v) is 8.85. The molecule has 0 aliphatic heterocycles. The molecule has 0 aromatic rings. The van der Waals surface area contributed by atoms with Gasteiger partial charge >= 0.3 is 5.97 Å². The van der Waals surface area contributed by atoms with Crippen LogP contribution >= 0.6 is 0 Å². The summed E-state index contributed by atoms with van der Waals surface area (Å²) in [5, 5.41) is 42.8. The number of ether oxygens (including phenoxy) is 1. The Morgan fingerprint density at radius 2 is 1.84 bits per heavy atom. The zero-order valence-electron chi connectivity index (χ0n) is 19.6. The summed E-state index contributed by atoms with van der Waals surface area (Å²) in [6.07, 6.45) is 5.32. The van der Waals surface area contributed by atoms with Crippen molar-refractivity contribution in [3.63, 3.8) is 0 Å². The van der Waals surface area contributed by atoms with Crippen molar-refractivity contribution in [1.82, 2.24) is 0 Å². The highest BCUT2D eigenvalue weighted by Crippen LogP contribution is 2.68. The predicted molar refractivity (Wildman–Crippen MR) is 116 cm³/mol. The van der Waals surface area contributed by atoms with Crippen LogP contribution < -0.4 is 0 Å².